The minimum Gasteiger partial charge on any atom is -0.493 e. The molecule has 0 saturated carbocycles. The fraction of sp³-hybridized carbons (Fsp3) is 0.481. The number of benzene rings is 1. The number of aliphatic carboxylic acids is 1. The molecule has 36 heavy (non-hydrogen) atoms. The Morgan fingerprint density at radius 3 is 2.53 bits per heavy atom. The van der Waals surface area contributed by atoms with Crippen molar-refractivity contribution in [1.29, 1.82) is 0 Å². The predicted molar refractivity (Wildman–Crippen MR) is 134 cm³/mol. The highest BCUT2D eigenvalue weighted by atomic mass is 16.5. The molecule has 0 radical (unpaired) electrons. The number of carboxylic acids is 1. The summed E-state index contributed by atoms with van der Waals surface area (Å²) in [6, 6.07) is 8.84. The number of likely N-dealkylation sites (tertiary alicyclic amines) is 1. The molecule has 3 rings (SSSR count). The van der Waals surface area contributed by atoms with E-state index in [1.807, 2.05) is 24.3 Å². The molecule has 0 spiro atoms. The van der Waals surface area contributed by atoms with Crippen molar-refractivity contribution in [3.05, 3.63) is 53.9 Å². The number of rotatable bonds is 12. The first-order valence-electron chi connectivity index (χ1n) is 12.3. The van der Waals surface area contributed by atoms with E-state index >= 15 is 0 Å². The van der Waals surface area contributed by atoms with E-state index in [9.17, 15) is 19.5 Å². The highest BCUT2D eigenvalue weighted by molar-refractivity contribution is 5.82. The van der Waals surface area contributed by atoms with E-state index in [0.717, 1.165) is 17.5 Å². The Bertz CT molecular complexity index is 1030. The summed E-state index contributed by atoms with van der Waals surface area (Å²) < 4.78 is 10.6. The Labute approximate surface area is 211 Å². The molecule has 0 unspecified atom stereocenters. The molecular formula is C27H35N3O6. The molecule has 1 fully saturated rings. The van der Waals surface area contributed by atoms with Crippen LogP contribution in [0.2, 0.25) is 0 Å². The third kappa shape index (κ3) is 7.96. The molecule has 1 aromatic carbocycles. The Hall–Kier alpha value is -3.62. The van der Waals surface area contributed by atoms with Gasteiger partial charge in [-0.3, -0.25) is 19.4 Å². The summed E-state index contributed by atoms with van der Waals surface area (Å²) >= 11 is 0. The maximum absolute atomic E-state index is 13.0. The third-order valence-corrected chi connectivity index (χ3v) is 6.52. The van der Waals surface area contributed by atoms with Crippen molar-refractivity contribution in [1.82, 2.24) is 15.2 Å². The number of carbonyl (C=O) groups excluding carboxylic acids is 2. The van der Waals surface area contributed by atoms with Gasteiger partial charge in [0.1, 0.15) is 0 Å². The molecule has 2 heterocycles. The van der Waals surface area contributed by atoms with E-state index in [1.165, 1.54) is 0 Å². The zero-order valence-electron chi connectivity index (χ0n) is 20.9. The first kappa shape index (κ1) is 27.0. The highest BCUT2D eigenvalue weighted by Crippen LogP contribution is 2.28. The average molecular weight is 498 g/mol. The van der Waals surface area contributed by atoms with Crippen LogP contribution in [0.1, 0.15) is 43.2 Å². The van der Waals surface area contributed by atoms with Crippen LogP contribution >= 0.6 is 0 Å². The van der Waals surface area contributed by atoms with E-state index in [4.69, 9.17) is 9.47 Å². The van der Waals surface area contributed by atoms with Crippen LogP contribution in [0, 0.1) is 5.92 Å². The number of carboxylic acid groups (broad SMARTS) is 1. The second kappa shape index (κ2) is 13.5. The number of ether oxygens (including phenoxy) is 2. The summed E-state index contributed by atoms with van der Waals surface area (Å²) in [5.41, 5.74) is 2.01. The van der Waals surface area contributed by atoms with E-state index in [1.54, 1.807) is 37.6 Å². The Kier molecular flexibility index (Phi) is 10.1. The lowest BCUT2D eigenvalue weighted by Crippen LogP contribution is -2.48. The molecule has 2 amide bonds. The zero-order valence-corrected chi connectivity index (χ0v) is 20.9. The lowest BCUT2D eigenvalue weighted by Gasteiger charge is -2.33. The number of hydrogen-bond donors (Lipinski definition) is 2. The maximum atomic E-state index is 13.0. The van der Waals surface area contributed by atoms with Gasteiger partial charge in [-0.15, -0.1) is 0 Å². The molecule has 1 aliphatic heterocycles. The van der Waals surface area contributed by atoms with Gasteiger partial charge in [0.15, 0.2) is 11.5 Å². The van der Waals surface area contributed by atoms with Gasteiger partial charge in [-0.25, -0.2) is 0 Å². The molecule has 194 valence electrons. The quantitative estimate of drug-likeness (QED) is 0.463. The average Bonchev–Trinajstić information content (AvgIpc) is 2.90. The Balaban J connectivity index is 1.54. The van der Waals surface area contributed by atoms with Gasteiger partial charge in [0.25, 0.3) is 0 Å². The number of piperidine rings is 1. The lowest BCUT2D eigenvalue weighted by atomic mass is 9.95. The monoisotopic (exact) mass is 497 g/mol. The summed E-state index contributed by atoms with van der Waals surface area (Å²) in [7, 11) is 3.13. The number of aromatic nitrogens is 1. The number of nitrogens with zero attached hydrogens (tertiary/aromatic N) is 2. The standard InChI is InChI=1S/C27H35N3O6/c1-35-23-9-6-20(16-24(23)36-2)5-8-22(17-26(32)33)29-27(34)21-4-3-15-30(18-21)25(31)10-7-19-11-13-28-14-12-19/h6,9,11-14,16,21-22H,3-5,7-8,10,15,17-18H2,1-2H3,(H,29,34)(H,32,33)/t21-,22-/m1/s1. The molecule has 1 aliphatic rings. The SMILES string of the molecule is COc1ccc(CC[C@H](CC(=O)O)NC(=O)[C@@H]2CCCN(C(=O)CCc3ccncc3)C2)cc1OC. The van der Waals surface area contributed by atoms with E-state index in [-0.39, 0.29) is 24.2 Å². The molecule has 0 bridgehead atoms. The Morgan fingerprint density at radius 2 is 1.83 bits per heavy atom. The largest absolute Gasteiger partial charge is 0.493 e. The fourth-order valence-corrected chi connectivity index (χ4v) is 4.51. The summed E-state index contributed by atoms with van der Waals surface area (Å²) in [6.07, 6.45) is 6.72. The number of hydrogen-bond acceptors (Lipinski definition) is 6. The van der Waals surface area contributed by atoms with Crippen molar-refractivity contribution in [2.75, 3.05) is 27.3 Å². The number of amides is 2. The van der Waals surface area contributed by atoms with Gasteiger partial charge in [-0.05, 0) is 67.5 Å². The van der Waals surface area contributed by atoms with Gasteiger partial charge in [-0.1, -0.05) is 6.07 Å². The van der Waals surface area contributed by atoms with Crippen LogP contribution in [0.5, 0.6) is 11.5 Å². The van der Waals surface area contributed by atoms with E-state index in [0.29, 0.717) is 56.7 Å². The summed E-state index contributed by atoms with van der Waals surface area (Å²) in [5, 5.41) is 12.3. The van der Waals surface area contributed by atoms with Crippen LogP contribution in [-0.2, 0) is 27.2 Å². The van der Waals surface area contributed by atoms with Gasteiger partial charge < -0.3 is 24.8 Å². The number of methoxy groups -OCH3 is 2. The van der Waals surface area contributed by atoms with Crippen molar-refractivity contribution in [3.63, 3.8) is 0 Å². The molecule has 9 heteroatoms. The lowest BCUT2D eigenvalue weighted by molar-refractivity contribution is -0.138. The van der Waals surface area contributed by atoms with Crippen LogP contribution in [-0.4, -0.2) is 66.1 Å². The predicted octanol–water partition coefficient (Wildman–Crippen LogP) is 2.86. The van der Waals surface area contributed by atoms with Crippen molar-refractivity contribution in [2.45, 2.75) is 51.0 Å². The van der Waals surface area contributed by atoms with Gasteiger partial charge in [0, 0.05) is 37.9 Å². The minimum atomic E-state index is -0.968. The van der Waals surface area contributed by atoms with Gasteiger partial charge in [0.2, 0.25) is 11.8 Å². The second-order valence-electron chi connectivity index (χ2n) is 9.07. The van der Waals surface area contributed by atoms with Crippen molar-refractivity contribution < 1.29 is 29.0 Å². The molecule has 2 aromatic rings. The number of carbonyl (C=O) groups is 3. The summed E-state index contributed by atoms with van der Waals surface area (Å²) in [6.45, 7) is 0.993. The molecule has 0 aliphatic carbocycles. The molecule has 2 atom stereocenters. The third-order valence-electron chi connectivity index (χ3n) is 6.52. The van der Waals surface area contributed by atoms with E-state index < -0.39 is 12.0 Å². The van der Waals surface area contributed by atoms with Crippen LogP contribution < -0.4 is 14.8 Å². The van der Waals surface area contributed by atoms with Crippen LogP contribution in [0.25, 0.3) is 0 Å². The number of pyridine rings is 1. The molecule has 1 aromatic heterocycles. The van der Waals surface area contributed by atoms with Crippen molar-refractivity contribution in [3.8, 4) is 11.5 Å². The highest BCUT2D eigenvalue weighted by Gasteiger charge is 2.29. The smallest absolute Gasteiger partial charge is 0.305 e. The van der Waals surface area contributed by atoms with Gasteiger partial charge in [-0.2, -0.15) is 0 Å². The molecule has 2 N–H and O–H groups in total. The minimum absolute atomic E-state index is 0.0276. The van der Waals surface area contributed by atoms with Crippen molar-refractivity contribution >= 4 is 17.8 Å². The topological polar surface area (TPSA) is 118 Å². The first-order chi connectivity index (χ1) is 17.4. The second-order valence-corrected chi connectivity index (χ2v) is 9.07. The molecular weight excluding hydrogens is 462 g/mol. The first-order valence-corrected chi connectivity index (χ1v) is 12.3. The summed E-state index contributed by atoms with van der Waals surface area (Å²) in [4.78, 5) is 43.0. The van der Waals surface area contributed by atoms with E-state index in [2.05, 4.69) is 10.3 Å². The Morgan fingerprint density at radius 1 is 1.08 bits per heavy atom. The normalized spacial score (nSPS) is 16.2. The van der Waals surface area contributed by atoms with Gasteiger partial charge >= 0.3 is 5.97 Å². The van der Waals surface area contributed by atoms with Gasteiger partial charge in [0.05, 0.1) is 26.6 Å². The van der Waals surface area contributed by atoms with Crippen LogP contribution in [0.3, 0.4) is 0 Å². The van der Waals surface area contributed by atoms with Crippen molar-refractivity contribution in [2.24, 2.45) is 5.92 Å². The zero-order chi connectivity index (χ0) is 25.9. The molecule has 9 nitrogen and oxygen atoms in total. The maximum Gasteiger partial charge on any atom is 0.305 e. The summed E-state index contributed by atoms with van der Waals surface area (Å²) in [5.74, 6) is -0.260. The fourth-order valence-electron chi connectivity index (χ4n) is 4.51. The number of nitrogens with one attached hydrogen (secondary N) is 1. The number of aryl methyl sites for hydroxylation is 2. The van der Waals surface area contributed by atoms with Crippen LogP contribution in [0.15, 0.2) is 42.7 Å². The molecule has 1 saturated heterocycles. The van der Waals surface area contributed by atoms with Crippen LogP contribution in [0.4, 0.5) is 0 Å².